The fraction of sp³-hybridized carbons (Fsp3) is 0.273. The van der Waals surface area contributed by atoms with Crippen molar-refractivity contribution in [2.24, 2.45) is 0 Å². The Morgan fingerprint density at radius 3 is 2.82 bits per heavy atom. The molecule has 0 atom stereocenters. The number of benzene rings is 2. The van der Waals surface area contributed by atoms with Crippen LogP contribution in [0.3, 0.4) is 0 Å². The fourth-order valence-electron chi connectivity index (χ4n) is 3.65. The molecule has 3 aromatic rings. The maximum Gasteiger partial charge on any atom is 0.251 e. The zero-order valence-electron chi connectivity index (χ0n) is 15.5. The summed E-state index contributed by atoms with van der Waals surface area (Å²) >= 11 is 6.25. The van der Waals surface area contributed by atoms with Gasteiger partial charge in [0.15, 0.2) is 0 Å². The van der Waals surface area contributed by atoms with E-state index in [4.69, 9.17) is 11.6 Å². The lowest BCUT2D eigenvalue weighted by Crippen LogP contribution is -2.27. The number of carbonyl (C=O) groups excluding carboxylic acids is 2. The average molecular weight is 396 g/mol. The first-order valence-electron chi connectivity index (χ1n) is 9.55. The highest BCUT2D eigenvalue weighted by molar-refractivity contribution is 6.34. The van der Waals surface area contributed by atoms with E-state index in [2.05, 4.69) is 34.3 Å². The Morgan fingerprint density at radius 1 is 1.14 bits per heavy atom. The first kappa shape index (κ1) is 18.6. The largest absolute Gasteiger partial charge is 0.352 e. The van der Waals surface area contributed by atoms with E-state index in [1.165, 1.54) is 10.9 Å². The minimum Gasteiger partial charge on any atom is -0.352 e. The lowest BCUT2D eigenvalue weighted by atomic mass is 10.1. The zero-order chi connectivity index (χ0) is 19.5. The van der Waals surface area contributed by atoms with Gasteiger partial charge in [0.05, 0.1) is 10.7 Å². The number of aromatic nitrogens is 1. The van der Waals surface area contributed by atoms with Crippen LogP contribution >= 0.6 is 11.6 Å². The van der Waals surface area contributed by atoms with E-state index in [-0.39, 0.29) is 11.8 Å². The SMILES string of the molecule is O=C(NCCCn1ccc2ccccc21)c1ccc(Cl)c(N2CCCC2=O)c1. The number of rotatable bonds is 6. The Bertz CT molecular complexity index is 1030. The molecule has 0 radical (unpaired) electrons. The van der Waals surface area contributed by atoms with Gasteiger partial charge in [-0.1, -0.05) is 29.8 Å². The molecule has 2 amide bonds. The van der Waals surface area contributed by atoms with Crippen LogP contribution < -0.4 is 10.2 Å². The number of halogens is 1. The number of nitrogens with one attached hydrogen (secondary N) is 1. The first-order chi connectivity index (χ1) is 13.6. The molecule has 2 aromatic carbocycles. The number of para-hydroxylation sites is 1. The molecule has 6 heteroatoms. The monoisotopic (exact) mass is 395 g/mol. The van der Waals surface area contributed by atoms with Crippen LogP contribution in [-0.2, 0) is 11.3 Å². The number of anilines is 1. The van der Waals surface area contributed by atoms with Crippen molar-refractivity contribution in [1.82, 2.24) is 9.88 Å². The van der Waals surface area contributed by atoms with Gasteiger partial charge in [-0.2, -0.15) is 0 Å². The van der Waals surface area contributed by atoms with Crippen molar-refractivity contribution < 1.29 is 9.59 Å². The van der Waals surface area contributed by atoms with E-state index in [1.807, 2.05) is 12.1 Å². The number of aryl methyl sites for hydroxylation is 1. The number of carbonyl (C=O) groups is 2. The molecule has 28 heavy (non-hydrogen) atoms. The molecule has 0 bridgehead atoms. The summed E-state index contributed by atoms with van der Waals surface area (Å²) in [7, 11) is 0. The third-order valence-electron chi connectivity index (χ3n) is 5.11. The topological polar surface area (TPSA) is 54.3 Å². The van der Waals surface area contributed by atoms with E-state index < -0.39 is 0 Å². The first-order valence-corrected chi connectivity index (χ1v) is 9.93. The summed E-state index contributed by atoms with van der Waals surface area (Å²) in [4.78, 5) is 26.2. The molecule has 0 saturated carbocycles. The van der Waals surface area contributed by atoms with Gasteiger partial charge in [0.2, 0.25) is 5.91 Å². The molecule has 0 unspecified atom stereocenters. The highest BCUT2D eigenvalue weighted by atomic mass is 35.5. The zero-order valence-corrected chi connectivity index (χ0v) is 16.3. The Kier molecular flexibility index (Phi) is 5.35. The second-order valence-electron chi connectivity index (χ2n) is 6.99. The highest BCUT2D eigenvalue weighted by Crippen LogP contribution is 2.30. The maximum absolute atomic E-state index is 12.5. The van der Waals surface area contributed by atoms with E-state index in [1.54, 1.807) is 23.1 Å². The molecule has 1 fully saturated rings. The van der Waals surface area contributed by atoms with Crippen LogP contribution in [0.5, 0.6) is 0 Å². The molecule has 1 aliphatic heterocycles. The average Bonchev–Trinajstić information content (AvgIpc) is 3.32. The summed E-state index contributed by atoms with van der Waals surface area (Å²) in [5, 5.41) is 4.67. The number of hydrogen-bond acceptors (Lipinski definition) is 2. The molecular weight excluding hydrogens is 374 g/mol. The van der Waals surface area contributed by atoms with Crippen molar-refractivity contribution in [2.45, 2.75) is 25.8 Å². The summed E-state index contributed by atoms with van der Waals surface area (Å²) in [6.45, 7) is 2.06. The normalized spacial score (nSPS) is 14.0. The van der Waals surface area contributed by atoms with Crippen molar-refractivity contribution >= 4 is 40.0 Å². The second kappa shape index (κ2) is 8.07. The number of fused-ring (bicyclic) bond motifs is 1. The Morgan fingerprint density at radius 2 is 2.00 bits per heavy atom. The van der Waals surface area contributed by atoms with Crippen LogP contribution in [0.2, 0.25) is 5.02 Å². The van der Waals surface area contributed by atoms with Gasteiger partial charge in [-0.3, -0.25) is 9.59 Å². The molecule has 0 spiro atoms. The van der Waals surface area contributed by atoms with E-state index >= 15 is 0 Å². The molecular formula is C22H22ClN3O2. The quantitative estimate of drug-likeness (QED) is 0.634. The third-order valence-corrected chi connectivity index (χ3v) is 5.43. The molecule has 5 nitrogen and oxygen atoms in total. The van der Waals surface area contributed by atoms with E-state index in [0.29, 0.717) is 35.8 Å². The minimum absolute atomic E-state index is 0.0541. The molecule has 1 N–H and O–H groups in total. The molecule has 1 saturated heterocycles. The van der Waals surface area contributed by atoms with Crippen LogP contribution in [0.4, 0.5) is 5.69 Å². The lowest BCUT2D eigenvalue weighted by Gasteiger charge is -2.18. The van der Waals surface area contributed by atoms with Crippen molar-refractivity contribution in [3.8, 4) is 0 Å². The number of amides is 2. The van der Waals surface area contributed by atoms with E-state index in [0.717, 1.165) is 19.4 Å². The van der Waals surface area contributed by atoms with Crippen molar-refractivity contribution in [3.05, 3.63) is 65.3 Å². The summed E-state index contributed by atoms with van der Waals surface area (Å²) in [6, 6.07) is 15.4. The van der Waals surface area contributed by atoms with Gasteiger partial charge < -0.3 is 14.8 Å². The summed E-state index contributed by atoms with van der Waals surface area (Å²) in [5.74, 6) is -0.0969. The lowest BCUT2D eigenvalue weighted by molar-refractivity contribution is -0.117. The standard InChI is InChI=1S/C22H22ClN3O2/c23-18-9-8-17(15-20(18)26-13-3-7-21(26)27)22(28)24-11-4-12-25-14-10-16-5-1-2-6-19(16)25/h1-2,5-6,8-10,14-15H,3-4,7,11-13H2,(H,24,28). The smallest absolute Gasteiger partial charge is 0.251 e. The summed E-state index contributed by atoms with van der Waals surface area (Å²) < 4.78 is 2.20. The van der Waals surface area contributed by atoms with Crippen LogP contribution in [-0.4, -0.2) is 29.5 Å². The Labute approximate surface area is 168 Å². The molecule has 2 heterocycles. The number of hydrogen-bond donors (Lipinski definition) is 1. The molecule has 1 aliphatic rings. The van der Waals surface area contributed by atoms with Crippen molar-refractivity contribution in [1.29, 1.82) is 0 Å². The number of nitrogens with zero attached hydrogens (tertiary/aromatic N) is 2. The minimum atomic E-state index is -0.151. The van der Waals surface area contributed by atoms with Crippen molar-refractivity contribution in [2.75, 3.05) is 18.0 Å². The van der Waals surface area contributed by atoms with Gasteiger partial charge in [0.1, 0.15) is 0 Å². The molecule has 4 rings (SSSR count). The molecule has 0 aliphatic carbocycles. The second-order valence-corrected chi connectivity index (χ2v) is 7.40. The van der Waals surface area contributed by atoms with E-state index in [9.17, 15) is 9.59 Å². The molecule has 1 aromatic heterocycles. The Balaban J connectivity index is 1.35. The Hall–Kier alpha value is -2.79. The molecule has 144 valence electrons. The van der Waals surface area contributed by atoms with Gasteiger partial charge in [-0.05, 0) is 48.6 Å². The van der Waals surface area contributed by atoms with Gasteiger partial charge in [0.25, 0.3) is 5.91 Å². The van der Waals surface area contributed by atoms with Crippen LogP contribution in [0.15, 0.2) is 54.7 Å². The maximum atomic E-state index is 12.5. The summed E-state index contributed by atoms with van der Waals surface area (Å²) in [5.41, 5.74) is 2.34. The van der Waals surface area contributed by atoms with Gasteiger partial charge in [-0.25, -0.2) is 0 Å². The highest BCUT2D eigenvalue weighted by Gasteiger charge is 2.24. The van der Waals surface area contributed by atoms with Gasteiger partial charge in [-0.15, -0.1) is 0 Å². The van der Waals surface area contributed by atoms with Crippen LogP contribution in [0.25, 0.3) is 10.9 Å². The van der Waals surface area contributed by atoms with Gasteiger partial charge in [0, 0.05) is 43.3 Å². The summed E-state index contributed by atoms with van der Waals surface area (Å²) in [6.07, 6.45) is 4.25. The van der Waals surface area contributed by atoms with Crippen LogP contribution in [0, 0.1) is 0 Å². The predicted molar refractivity (Wildman–Crippen MR) is 112 cm³/mol. The fourth-order valence-corrected chi connectivity index (χ4v) is 3.87. The van der Waals surface area contributed by atoms with Crippen molar-refractivity contribution in [3.63, 3.8) is 0 Å². The van der Waals surface area contributed by atoms with Gasteiger partial charge >= 0.3 is 0 Å². The van der Waals surface area contributed by atoms with Crippen LogP contribution in [0.1, 0.15) is 29.6 Å². The predicted octanol–water partition coefficient (Wildman–Crippen LogP) is 4.24. The third kappa shape index (κ3) is 3.76.